The third-order valence-electron chi connectivity index (χ3n) is 3.42. The lowest BCUT2D eigenvalue weighted by Crippen LogP contribution is -2.41. The highest BCUT2D eigenvalue weighted by Crippen LogP contribution is 2.22. The minimum atomic E-state index is -0.0347. The Bertz CT molecular complexity index is 473. The van der Waals surface area contributed by atoms with Crippen molar-refractivity contribution < 1.29 is 14.6 Å². The average Bonchev–Trinajstić information content (AvgIpc) is 2.48. The van der Waals surface area contributed by atoms with Crippen LogP contribution >= 0.6 is 11.6 Å². The number of nitrogens with zero attached hydrogens (tertiary/aromatic N) is 1. The molecule has 5 nitrogen and oxygen atoms in total. The Morgan fingerprint density at radius 1 is 1.45 bits per heavy atom. The van der Waals surface area contributed by atoms with Gasteiger partial charge in [0.15, 0.2) is 0 Å². The molecule has 1 saturated heterocycles. The van der Waals surface area contributed by atoms with Crippen LogP contribution in [0.4, 0.5) is 5.69 Å². The van der Waals surface area contributed by atoms with Crippen LogP contribution in [0.2, 0.25) is 5.02 Å². The average molecular weight is 299 g/mol. The van der Waals surface area contributed by atoms with Gasteiger partial charge in [-0.3, -0.25) is 4.79 Å². The summed E-state index contributed by atoms with van der Waals surface area (Å²) in [6.07, 6.45) is 1.70. The van der Waals surface area contributed by atoms with Gasteiger partial charge in [0.05, 0.1) is 30.0 Å². The number of nitrogen functional groups attached to an aromatic ring is 1. The van der Waals surface area contributed by atoms with Gasteiger partial charge in [0.2, 0.25) is 0 Å². The van der Waals surface area contributed by atoms with E-state index in [1.54, 1.807) is 23.1 Å². The first-order valence-corrected chi connectivity index (χ1v) is 7.06. The molecule has 3 N–H and O–H groups in total. The van der Waals surface area contributed by atoms with E-state index in [2.05, 4.69) is 0 Å². The smallest absolute Gasteiger partial charge is 0.253 e. The first-order valence-electron chi connectivity index (χ1n) is 6.68. The number of carbonyl (C=O) groups excluding carboxylic acids is 1. The van der Waals surface area contributed by atoms with Crippen LogP contribution in [0, 0.1) is 0 Å². The molecule has 6 heteroatoms. The number of aliphatic hydroxyl groups is 1. The summed E-state index contributed by atoms with van der Waals surface area (Å²) in [5.74, 6) is -0.0347. The Morgan fingerprint density at radius 3 is 2.75 bits per heavy atom. The van der Waals surface area contributed by atoms with Crippen molar-refractivity contribution in [3.8, 4) is 0 Å². The van der Waals surface area contributed by atoms with E-state index >= 15 is 0 Å². The number of rotatable bonds is 4. The molecule has 0 atom stereocenters. The zero-order valence-electron chi connectivity index (χ0n) is 11.2. The second-order valence-electron chi connectivity index (χ2n) is 4.82. The molecular weight excluding hydrogens is 280 g/mol. The molecule has 0 spiro atoms. The largest absolute Gasteiger partial charge is 0.398 e. The highest BCUT2D eigenvalue weighted by Gasteiger charge is 2.24. The number of amides is 1. The molecule has 1 aromatic rings. The van der Waals surface area contributed by atoms with Gasteiger partial charge in [-0.05, 0) is 31.0 Å². The molecule has 20 heavy (non-hydrogen) atoms. The maximum absolute atomic E-state index is 12.3. The summed E-state index contributed by atoms with van der Waals surface area (Å²) >= 11 is 5.94. The number of aliphatic hydroxyl groups excluding tert-OH is 1. The van der Waals surface area contributed by atoms with Crippen molar-refractivity contribution in [1.82, 2.24) is 4.90 Å². The van der Waals surface area contributed by atoms with Crippen LogP contribution in [0.15, 0.2) is 18.2 Å². The van der Waals surface area contributed by atoms with Gasteiger partial charge >= 0.3 is 0 Å². The molecule has 0 unspecified atom stereocenters. The van der Waals surface area contributed by atoms with Gasteiger partial charge in [-0.1, -0.05) is 11.6 Å². The molecule has 1 aliphatic heterocycles. The number of piperidine rings is 1. The minimum Gasteiger partial charge on any atom is -0.398 e. The molecule has 0 aliphatic carbocycles. The van der Waals surface area contributed by atoms with Crippen molar-refractivity contribution in [3.63, 3.8) is 0 Å². The van der Waals surface area contributed by atoms with Crippen molar-refractivity contribution >= 4 is 23.2 Å². The summed E-state index contributed by atoms with van der Waals surface area (Å²) in [6, 6.07) is 4.94. The molecule has 1 heterocycles. The van der Waals surface area contributed by atoms with Crippen LogP contribution in [-0.2, 0) is 4.74 Å². The fourth-order valence-corrected chi connectivity index (χ4v) is 2.47. The fraction of sp³-hybridized carbons (Fsp3) is 0.500. The highest BCUT2D eigenvalue weighted by atomic mass is 35.5. The van der Waals surface area contributed by atoms with E-state index < -0.39 is 0 Å². The van der Waals surface area contributed by atoms with Gasteiger partial charge in [0, 0.05) is 18.7 Å². The van der Waals surface area contributed by atoms with Crippen molar-refractivity contribution in [2.24, 2.45) is 0 Å². The quantitative estimate of drug-likeness (QED) is 0.827. The Balaban J connectivity index is 1.92. The predicted octanol–water partition coefficient (Wildman–Crippen LogP) is 1.54. The Kier molecular flexibility index (Phi) is 5.23. The molecule has 2 rings (SSSR count). The van der Waals surface area contributed by atoms with Crippen molar-refractivity contribution in [2.75, 3.05) is 32.0 Å². The Morgan fingerprint density at radius 2 is 2.15 bits per heavy atom. The summed E-state index contributed by atoms with van der Waals surface area (Å²) < 4.78 is 5.48. The van der Waals surface area contributed by atoms with Crippen LogP contribution in [0.1, 0.15) is 23.2 Å². The van der Waals surface area contributed by atoms with Crippen LogP contribution in [-0.4, -0.2) is 48.3 Å². The second-order valence-corrected chi connectivity index (χ2v) is 5.23. The maximum atomic E-state index is 12.3. The standard InChI is InChI=1S/C14H19ClN2O3/c15-12-9-10(1-2-13(12)16)14(19)17-5-3-11(4-6-17)20-8-7-18/h1-2,9,11,18H,3-8,16H2. The molecule has 1 aliphatic rings. The predicted molar refractivity (Wildman–Crippen MR) is 77.8 cm³/mol. The monoisotopic (exact) mass is 298 g/mol. The van der Waals surface area contributed by atoms with Gasteiger partial charge < -0.3 is 20.5 Å². The summed E-state index contributed by atoms with van der Waals surface area (Å²) in [5, 5.41) is 9.12. The molecule has 1 amide bonds. The van der Waals surface area contributed by atoms with E-state index in [9.17, 15) is 4.79 Å². The van der Waals surface area contributed by atoms with Crippen molar-refractivity contribution in [1.29, 1.82) is 0 Å². The summed E-state index contributed by atoms with van der Waals surface area (Å²) in [7, 11) is 0. The van der Waals surface area contributed by atoms with Gasteiger partial charge in [0.25, 0.3) is 5.91 Å². The van der Waals surface area contributed by atoms with E-state index in [0.717, 1.165) is 12.8 Å². The SMILES string of the molecule is Nc1ccc(C(=O)N2CCC(OCCO)CC2)cc1Cl. The van der Waals surface area contributed by atoms with Crippen LogP contribution < -0.4 is 5.73 Å². The number of likely N-dealkylation sites (tertiary alicyclic amines) is 1. The van der Waals surface area contributed by atoms with E-state index in [-0.39, 0.29) is 18.6 Å². The minimum absolute atomic E-state index is 0.0308. The van der Waals surface area contributed by atoms with Gasteiger partial charge in [0.1, 0.15) is 0 Å². The topological polar surface area (TPSA) is 75.8 Å². The Labute approximate surface area is 123 Å². The Hall–Kier alpha value is -1.30. The first kappa shape index (κ1) is 15.1. The van der Waals surface area contributed by atoms with E-state index in [0.29, 0.717) is 36.0 Å². The first-order chi connectivity index (χ1) is 9.61. The van der Waals surface area contributed by atoms with E-state index in [1.165, 1.54) is 0 Å². The number of carbonyl (C=O) groups is 1. The third-order valence-corrected chi connectivity index (χ3v) is 3.75. The maximum Gasteiger partial charge on any atom is 0.253 e. The van der Waals surface area contributed by atoms with Crippen LogP contribution in [0.25, 0.3) is 0 Å². The fourth-order valence-electron chi connectivity index (χ4n) is 2.29. The van der Waals surface area contributed by atoms with Gasteiger partial charge in [-0.2, -0.15) is 0 Å². The van der Waals surface area contributed by atoms with Crippen molar-refractivity contribution in [3.05, 3.63) is 28.8 Å². The summed E-state index contributed by atoms with van der Waals surface area (Å²) in [5.41, 5.74) is 6.66. The lowest BCUT2D eigenvalue weighted by atomic mass is 10.1. The van der Waals surface area contributed by atoms with Gasteiger partial charge in [-0.25, -0.2) is 0 Å². The van der Waals surface area contributed by atoms with Gasteiger partial charge in [-0.15, -0.1) is 0 Å². The number of anilines is 1. The zero-order valence-corrected chi connectivity index (χ0v) is 12.0. The molecule has 0 bridgehead atoms. The number of hydrogen-bond donors (Lipinski definition) is 2. The molecule has 1 aromatic carbocycles. The van der Waals surface area contributed by atoms with E-state index in [4.69, 9.17) is 27.2 Å². The molecule has 0 radical (unpaired) electrons. The number of halogens is 1. The normalized spacial score (nSPS) is 16.4. The number of benzene rings is 1. The number of nitrogens with two attached hydrogens (primary N) is 1. The lowest BCUT2D eigenvalue weighted by molar-refractivity contribution is -0.00554. The third kappa shape index (κ3) is 3.62. The molecule has 1 fully saturated rings. The molecule has 0 saturated carbocycles. The van der Waals surface area contributed by atoms with Crippen LogP contribution in [0.3, 0.4) is 0 Å². The number of ether oxygens (including phenoxy) is 1. The molecule has 110 valence electrons. The lowest BCUT2D eigenvalue weighted by Gasteiger charge is -2.32. The second kappa shape index (κ2) is 6.92. The number of hydrogen-bond acceptors (Lipinski definition) is 4. The highest BCUT2D eigenvalue weighted by molar-refractivity contribution is 6.33. The summed E-state index contributed by atoms with van der Waals surface area (Å²) in [6.45, 7) is 1.68. The summed E-state index contributed by atoms with van der Waals surface area (Å²) in [4.78, 5) is 14.1. The molecular formula is C14H19ClN2O3. The van der Waals surface area contributed by atoms with E-state index in [1.807, 2.05) is 0 Å². The van der Waals surface area contributed by atoms with Crippen LogP contribution in [0.5, 0.6) is 0 Å². The molecule has 0 aromatic heterocycles. The zero-order chi connectivity index (χ0) is 14.5. The van der Waals surface area contributed by atoms with Crippen molar-refractivity contribution in [2.45, 2.75) is 18.9 Å².